The maximum absolute atomic E-state index is 13.5. The van der Waals surface area contributed by atoms with Gasteiger partial charge in [-0.05, 0) is 48.6 Å². The summed E-state index contributed by atoms with van der Waals surface area (Å²) in [5.41, 5.74) is 3.54. The van der Waals surface area contributed by atoms with E-state index in [2.05, 4.69) is 10.4 Å². The number of rotatable bonds is 4. The van der Waals surface area contributed by atoms with E-state index < -0.39 is 36.0 Å². The number of nitrogens with zero attached hydrogens (tertiary/aromatic N) is 3. The first kappa shape index (κ1) is 21.3. The molecule has 2 unspecified atom stereocenters. The number of fused-ring (bicyclic) bond motifs is 2. The Kier molecular flexibility index (Phi) is 4.84. The van der Waals surface area contributed by atoms with E-state index in [4.69, 9.17) is 4.42 Å². The van der Waals surface area contributed by atoms with E-state index in [1.165, 1.54) is 5.01 Å². The number of imide groups is 1. The van der Waals surface area contributed by atoms with Crippen LogP contribution in [0.4, 0.5) is 4.79 Å². The molecule has 0 bridgehead atoms. The summed E-state index contributed by atoms with van der Waals surface area (Å²) in [4.78, 5) is 40.9. The van der Waals surface area contributed by atoms with E-state index in [1.54, 1.807) is 18.4 Å². The second-order valence-corrected chi connectivity index (χ2v) is 9.27. The molecule has 3 heterocycles. The topological polar surface area (TPSA) is 95.2 Å². The number of aryl methyl sites for hydroxylation is 2. The zero-order chi connectivity index (χ0) is 24.2. The summed E-state index contributed by atoms with van der Waals surface area (Å²) in [5.74, 6) is -0.236. The first-order valence-electron chi connectivity index (χ1n) is 11.7. The normalized spacial score (nSPS) is 23.1. The third kappa shape index (κ3) is 3.36. The van der Waals surface area contributed by atoms with Crippen molar-refractivity contribution < 1.29 is 18.8 Å². The molecule has 2 aromatic carbocycles. The van der Waals surface area contributed by atoms with Crippen LogP contribution in [0.2, 0.25) is 0 Å². The molecule has 8 heteroatoms. The SMILES string of the molecule is Cc1ccc(C2=NN(C(=O)CN3C(=O)NC4(CCc5ccccc54)C3=O)C(c3ccco3)C2)cc1. The highest BCUT2D eigenvalue weighted by molar-refractivity contribution is 6.10. The van der Waals surface area contributed by atoms with E-state index >= 15 is 0 Å². The maximum atomic E-state index is 13.5. The lowest BCUT2D eigenvalue weighted by atomic mass is 9.92. The molecule has 1 aromatic heterocycles. The van der Waals surface area contributed by atoms with Crippen LogP contribution in [0.1, 0.15) is 46.9 Å². The van der Waals surface area contributed by atoms with Crippen LogP contribution >= 0.6 is 0 Å². The molecule has 4 amide bonds. The third-order valence-electron chi connectivity index (χ3n) is 7.14. The lowest BCUT2D eigenvalue weighted by molar-refractivity contribution is -0.140. The first-order chi connectivity index (χ1) is 17.0. The molecule has 176 valence electrons. The Morgan fingerprint density at radius 3 is 2.69 bits per heavy atom. The quantitative estimate of drug-likeness (QED) is 0.591. The summed E-state index contributed by atoms with van der Waals surface area (Å²) in [6, 6.07) is 18.1. The number of urea groups is 1. The molecule has 1 saturated heterocycles. The number of hydrogen-bond donors (Lipinski definition) is 1. The minimum absolute atomic E-state index is 0.391. The molecular formula is C27H24N4O4. The zero-order valence-electron chi connectivity index (χ0n) is 19.2. The summed E-state index contributed by atoms with van der Waals surface area (Å²) < 4.78 is 5.60. The minimum Gasteiger partial charge on any atom is -0.467 e. The van der Waals surface area contributed by atoms with Crippen LogP contribution in [0.5, 0.6) is 0 Å². The Morgan fingerprint density at radius 1 is 1.11 bits per heavy atom. The Bertz CT molecular complexity index is 1360. The fourth-order valence-corrected chi connectivity index (χ4v) is 5.30. The molecule has 35 heavy (non-hydrogen) atoms. The number of benzene rings is 2. The molecule has 1 N–H and O–H groups in total. The maximum Gasteiger partial charge on any atom is 0.325 e. The highest BCUT2D eigenvalue weighted by atomic mass is 16.3. The number of amides is 4. The van der Waals surface area contributed by atoms with Gasteiger partial charge >= 0.3 is 6.03 Å². The monoisotopic (exact) mass is 468 g/mol. The van der Waals surface area contributed by atoms with Crippen LogP contribution in [0.25, 0.3) is 0 Å². The van der Waals surface area contributed by atoms with Gasteiger partial charge < -0.3 is 9.73 Å². The second kappa shape index (κ2) is 7.94. The van der Waals surface area contributed by atoms with Crippen molar-refractivity contribution in [2.24, 2.45) is 5.10 Å². The summed E-state index contributed by atoms with van der Waals surface area (Å²) >= 11 is 0. The smallest absolute Gasteiger partial charge is 0.325 e. The van der Waals surface area contributed by atoms with Crippen LogP contribution in [0.15, 0.2) is 76.4 Å². The molecule has 2 aliphatic heterocycles. The Labute approximate surface area is 202 Å². The van der Waals surface area contributed by atoms with Crippen molar-refractivity contribution in [3.63, 3.8) is 0 Å². The van der Waals surface area contributed by atoms with E-state index in [1.807, 2.05) is 55.5 Å². The van der Waals surface area contributed by atoms with E-state index in [0.717, 1.165) is 32.9 Å². The van der Waals surface area contributed by atoms with Crippen LogP contribution in [0, 0.1) is 6.92 Å². The van der Waals surface area contributed by atoms with E-state index in [9.17, 15) is 14.4 Å². The van der Waals surface area contributed by atoms with Crippen molar-refractivity contribution in [2.75, 3.05) is 6.54 Å². The number of furan rings is 1. The summed E-state index contributed by atoms with van der Waals surface area (Å²) in [6.45, 7) is 1.62. The lowest BCUT2D eigenvalue weighted by Crippen LogP contribution is -2.44. The summed E-state index contributed by atoms with van der Waals surface area (Å²) in [5, 5.41) is 8.83. The Hall–Kier alpha value is -4.20. The summed E-state index contributed by atoms with van der Waals surface area (Å²) in [6.07, 6.45) is 3.21. The van der Waals surface area contributed by atoms with Crippen molar-refractivity contribution in [3.8, 4) is 0 Å². The third-order valence-corrected chi connectivity index (χ3v) is 7.14. The average Bonchev–Trinajstić information content (AvgIpc) is 3.64. The molecule has 1 aliphatic carbocycles. The van der Waals surface area contributed by atoms with Gasteiger partial charge in [0.1, 0.15) is 23.9 Å². The number of carbonyl (C=O) groups excluding carboxylic acids is 3. The molecule has 2 atom stereocenters. The molecule has 6 rings (SSSR count). The average molecular weight is 469 g/mol. The Balaban J connectivity index is 1.28. The fourth-order valence-electron chi connectivity index (χ4n) is 5.30. The van der Waals surface area contributed by atoms with Gasteiger partial charge in [-0.2, -0.15) is 5.10 Å². The predicted molar refractivity (Wildman–Crippen MR) is 127 cm³/mol. The van der Waals surface area contributed by atoms with Crippen molar-refractivity contribution in [2.45, 2.75) is 37.8 Å². The molecule has 3 aromatic rings. The van der Waals surface area contributed by atoms with Gasteiger partial charge in [0.2, 0.25) is 0 Å². The molecule has 1 fully saturated rings. The first-order valence-corrected chi connectivity index (χ1v) is 11.7. The highest BCUT2D eigenvalue weighted by Crippen LogP contribution is 2.41. The van der Waals surface area contributed by atoms with Gasteiger partial charge in [0, 0.05) is 6.42 Å². The van der Waals surface area contributed by atoms with Crippen LogP contribution in [-0.4, -0.2) is 40.0 Å². The van der Waals surface area contributed by atoms with Crippen LogP contribution in [0.3, 0.4) is 0 Å². The lowest BCUT2D eigenvalue weighted by Gasteiger charge is -2.24. The van der Waals surface area contributed by atoms with Gasteiger partial charge in [-0.1, -0.05) is 54.1 Å². The minimum atomic E-state index is -1.10. The molecule has 3 aliphatic rings. The van der Waals surface area contributed by atoms with Gasteiger partial charge in [-0.3, -0.25) is 14.5 Å². The van der Waals surface area contributed by atoms with Gasteiger partial charge in [-0.15, -0.1) is 0 Å². The zero-order valence-corrected chi connectivity index (χ0v) is 19.2. The number of hydrazone groups is 1. The van der Waals surface area contributed by atoms with Crippen molar-refractivity contribution in [1.29, 1.82) is 0 Å². The number of nitrogens with one attached hydrogen (secondary N) is 1. The molecular weight excluding hydrogens is 444 g/mol. The fraction of sp³-hybridized carbons (Fsp3) is 0.259. The van der Waals surface area contributed by atoms with Gasteiger partial charge in [-0.25, -0.2) is 9.80 Å². The largest absolute Gasteiger partial charge is 0.467 e. The predicted octanol–water partition coefficient (Wildman–Crippen LogP) is 3.66. The van der Waals surface area contributed by atoms with Gasteiger partial charge in [0.15, 0.2) is 0 Å². The Morgan fingerprint density at radius 2 is 1.91 bits per heavy atom. The highest BCUT2D eigenvalue weighted by Gasteiger charge is 2.56. The number of carbonyl (C=O) groups is 3. The van der Waals surface area contributed by atoms with Crippen molar-refractivity contribution >= 4 is 23.6 Å². The van der Waals surface area contributed by atoms with Gasteiger partial charge in [0.05, 0.1) is 12.0 Å². The van der Waals surface area contributed by atoms with Crippen molar-refractivity contribution in [3.05, 3.63) is 94.9 Å². The van der Waals surface area contributed by atoms with Crippen molar-refractivity contribution in [1.82, 2.24) is 15.2 Å². The van der Waals surface area contributed by atoms with E-state index in [0.29, 0.717) is 25.0 Å². The van der Waals surface area contributed by atoms with Crippen LogP contribution in [-0.2, 0) is 21.5 Å². The standard InChI is InChI=1S/C27H24N4O4/c1-17-8-10-19(11-9-17)21-15-22(23-7-4-14-35-23)31(29-21)24(32)16-30-25(33)27(28-26(30)34)13-12-18-5-2-3-6-20(18)27/h2-11,14,22H,12-13,15-16H2,1H3,(H,28,34). The molecule has 0 saturated carbocycles. The second-order valence-electron chi connectivity index (χ2n) is 9.27. The van der Waals surface area contributed by atoms with E-state index in [-0.39, 0.29) is 0 Å². The molecule has 8 nitrogen and oxygen atoms in total. The molecule has 0 radical (unpaired) electrons. The summed E-state index contributed by atoms with van der Waals surface area (Å²) in [7, 11) is 0. The van der Waals surface area contributed by atoms with Gasteiger partial charge in [0.25, 0.3) is 11.8 Å². The van der Waals surface area contributed by atoms with Crippen LogP contribution < -0.4 is 5.32 Å². The molecule has 1 spiro atoms. The number of hydrogen-bond acceptors (Lipinski definition) is 5.